The lowest BCUT2D eigenvalue weighted by Gasteiger charge is -2.22. The Balaban J connectivity index is 3.08. The number of hydrogen-bond donors (Lipinski definition) is 2. The monoisotopic (exact) mass is 313 g/mol. The van der Waals surface area contributed by atoms with Crippen molar-refractivity contribution in [1.82, 2.24) is 9.29 Å². The van der Waals surface area contributed by atoms with Crippen molar-refractivity contribution in [2.75, 3.05) is 32.1 Å². The predicted octanol–water partition coefficient (Wildman–Crippen LogP) is 0.669. The van der Waals surface area contributed by atoms with E-state index in [4.69, 9.17) is 5.11 Å². The lowest BCUT2D eigenvalue weighted by molar-refractivity contribution is -0.136. The van der Waals surface area contributed by atoms with Crippen molar-refractivity contribution < 1.29 is 26.7 Å². The molecule has 1 heterocycles. The highest BCUT2D eigenvalue weighted by molar-refractivity contribution is 7.89. The average molecular weight is 313 g/mol. The molecule has 0 bridgehead atoms. The number of hydrogen-bond acceptors (Lipinski definition) is 5. The Morgan fingerprint density at radius 3 is 2.45 bits per heavy atom. The molecule has 0 atom stereocenters. The Morgan fingerprint density at radius 2 is 2.05 bits per heavy atom. The molecule has 0 unspecified atom stereocenters. The lowest BCUT2D eigenvalue weighted by Crippen LogP contribution is -2.40. The zero-order chi connectivity index (χ0) is 15.4. The van der Waals surface area contributed by atoms with Gasteiger partial charge in [0, 0.05) is 19.8 Å². The van der Waals surface area contributed by atoms with Crippen LogP contribution in [0.5, 0.6) is 0 Å². The van der Waals surface area contributed by atoms with E-state index in [-0.39, 0.29) is 9.20 Å². The van der Waals surface area contributed by atoms with E-state index in [1.807, 2.05) is 0 Å². The number of halogens is 3. The van der Waals surface area contributed by atoms with Crippen LogP contribution in [0.2, 0.25) is 0 Å². The molecule has 0 amide bonds. The number of sulfonamides is 1. The minimum atomic E-state index is -4.69. The smallest absolute Gasteiger partial charge is 0.395 e. The van der Waals surface area contributed by atoms with Gasteiger partial charge in [0.2, 0.25) is 10.0 Å². The summed E-state index contributed by atoms with van der Waals surface area (Å²) in [6, 6.07) is 2.48. The minimum Gasteiger partial charge on any atom is -0.395 e. The van der Waals surface area contributed by atoms with Crippen LogP contribution in [0.4, 0.5) is 19.0 Å². The molecule has 0 aliphatic heterocycles. The molecule has 114 valence electrons. The Bertz CT molecular complexity index is 531. The van der Waals surface area contributed by atoms with Gasteiger partial charge in [-0.2, -0.15) is 17.5 Å². The Morgan fingerprint density at radius 1 is 1.40 bits per heavy atom. The topological polar surface area (TPSA) is 82.5 Å². The Kier molecular flexibility index (Phi) is 5.31. The van der Waals surface area contributed by atoms with Crippen LogP contribution in [-0.4, -0.2) is 55.7 Å². The van der Waals surface area contributed by atoms with E-state index in [1.165, 1.54) is 6.07 Å². The van der Waals surface area contributed by atoms with Crippen LogP contribution >= 0.6 is 0 Å². The van der Waals surface area contributed by atoms with Crippen molar-refractivity contribution in [2.45, 2.75) is 11.1 Å². The standard InChI is InChI=1S/C10H14F3N3O3S/c1-14-9-3-2-8(6-15-9)20(18,19)16(4-5-17)7-10(11,12)13/h2-3,6,17H,4-5,7H2,1H3,(H,14,15). The van der Waals surface area contributed by atoms with Gasteiger partial charge in [-0.1, -0.05) is 0 Å². The van der Waals surface area contributed by atoms with Gasteiger partial charge >= 0.3 is 6.18 Å². The van der Waals surface area contributed by atoms with Crippen molar-refractivity contribution in [1.29, 1.82) is 0 Å². The van der Waals surface area contributed by atoms with E-state index in [2.05, 4.69) is 10.3 Å². The largest absolute Gasteiger partial charge is 0.402 e. The molecule has 10 heteroatoms. The molecule has 6 nitrogen and oxygen atoms in total. The SMILES string of the molecule is CNc1ccc(S(=O)(=O)N(CCO)CC(F)(F)F)cn1. The summed E-state index contributed by atoms with van der Waals surface area (Å²) in [5.74, 6) is 0.383. The van der Waals surface area contributed by atoms with Crippen LogP contribution in [0.3, 0.4) is 0 Å². The second-order valence-electron chi connectivity index (χ2n) is 3.81. The van der Waals surface area contributed by atoms with E-state index >= 15 is 0 Å². The number of nitrogens with zero attached hydrogens (tertiary/aromatic N) is 2. The number of pyridine rings is 1. The molecular weight excluding hydrogens is 299 g/mol. The van der Waals surface area contributed by atoms with Gasteiger partial charge in [0.05, 0.1) is 6.61 Å². The summed E-state index contributed by atoms with van der Waals surface area (Å²) < 4.78 is 61.4. The molecule has 1 aromatic heterocycles. The Hall–Kier alpha value is -1.39. The van der Waals surface area contributed by atoms with E-state index < -0.39 is 35.9 Å². The number of aliphatic hydroxyl groups excluding tert-OH is 1. The van der Waals surface area contributed by atoms with Gasteiger partial charge in [-0.05, 0) is 12.1 Å². The number of alkyl halides is 3. The lowest BCUT2D eigenvalue weighted by atomic mass is 10.5. The van der Waals surface area contributed by atoms with Crippen molar-refractivity contribution in [3.05, 3.63) is 18.3 Å². The Labute approximate surface area is 114 Å². The molecule has 2 N–H and O–H groups in total. The number of anilines is 1. The molecule has 0 radical (unpaired) electrons. The van der Waals surface area contributed by atoms with Gasteiger partial charge in [-0.25, -0.2) is 13.4 Å². The van der Waals surface area contributed by atoms with Gasteiger partial charge in [0.1, 0.15) is 17.3 Å². The summed E-state index contributed by atoms with van der Waals surface area (Å²) in [5.41, 5.74) is 0. The highest BCUT2D eigenvalue weighted by Crippen LogP contribution is 2.22. The molecule has 1 rings (SSSR count). The number of rotatable bonds is 6. The first kappa shape index (κ1) is 16.7. The van der Waals surface area contributed by atoms with E-state index in [0.29, 0.717) is 5.82 Å². The maximum atomic E-state index is 12.4. The van der Waals surface area contributed by atoms with Crippen molar-refractivity contribution in [3.63, 3.8) is 0 Å². The van der Waals surface area contributed by atoms with Gasteiger partial charge in [-0.15, -0.1) is 0 Å². The average Bonchev–Trinajstić information content (AvgIpc) is 2.37. The normalized spacial score (nSPS) is 12.7. The molecule has 1 aromatic rings. The van der Waals surface area contributed by atoms with Crippen LogP contribution in [0.15, 0.2) is 23.2 Å². The second-order valence-corrected chi connectivity index (χ2v) is 5.74. The third-order valence-corrected chi connectivity index (χ3v) is 4.16. The van der Waals surface area contributed by atoms with Crippen LogP contribution in [-0.2, 0) is 10.0 Å². The summed E-state index contributed by atoms with van der Waals surface area (Å²) in [6.07, 6.45) is -3.73. The number of nitrogens with one attached hydrogen (secondary N) is 1. The molecule has 20 heavy (non-hydrogen) atoms. The second kappa shape index (κ2) is 6.37. The quantitative estimate of drug-likeness (QED) is 0.806. The molecule has 0 aromatic carbocycles. The van der Waals surface area contributed by atoms with E-state index in [1.54, 1.807) is 7.05 Å². The fourth-order valence-corrected chi connectivity index (χ4v) is 2.79. The van der Waals surface area contributed by atoms with Gasteiger partial charge < -0.3 is 10.4 Å². The zero-order valence-electron chi connectivity index (χ0n) is 10.6. The van der Waals surface area contributed by atoms with Crippen molar-refractivity contribution in [2.24, 2.45) is 0 Å². The molecule has 0 aliphatic carbocycles. The zero-order valence-corrected chi connectivity index (χ0v) is 11.4. The molecule has 0 spiro atoms. The first-order chi connectivity index (χ1) is 9.20. The highest BCUT2D eigenvalue weighted by Gasteiger charge is 2.36. The van der Waals surface area contributed by atoms with E-state index in [0.717, 1.165) is 12.3 Å². The van der Waals surface area contributed by atoms with Gasteiger partial charge in [0.15, 0.2) is 0 Å². The van der Waals surface area contributed by atoms with Gasteiger partial charge in [0.25, 0.3) is 0 Å². The third kappa shape index (κ3) is 4.32. The fraction of sp³-hybridized carbons (Fsp3) is 0.500. The summed E-state index contributed by atoms with van der Waals surface area (Å²) in [5, 5.41) is 11.4. The van der Waals surface area contributed by atoms with Crippen LogP contribution in [0, 0.1) is 0 Å². The van der Waals surface area contributed by atoms with Crippen molar-refractivity contribution in [3.8, 4) is 0 Å². The predicted molar refractivity (Wildman–Crippen MR) is 65.7 cm³/mol. The maximum absolute atomic E-state index is 12.4. The van der Waals surface area contributed by atoms with Crippen LogP contribution < -0.4 is 5.32 Å². The summed E-state index contributed by atoms with van der Waals surface area (Å²) in [4.78, 5) is 3.38. The highest BCUT2D eigenvalue weighted by atomic mass is 32.2. The van der Waals surface area contributed by atoms with Crippen LogP contribution in [0.25, 0.3) is 0 Å². The molecule has 0 saturated heterocycles. The molecule has 0 fully saturated rings. The number of aliphatic hydroxyl groups is 1. The molecular formula is C10H14F3N3O3S. The molecule has 0 aliphatic rings. The first-order valence-corrected chi connectivity index (χ1v) is 6.96. The minimum absolute atomic E-state index is 0.170. The fourth-order valence-electron chi connectivity index (χ4n) is 1.43. The van der Waals surface area contributed by atoms with Gasteiger partial charge in [-0.3, -0.25) is 0 Å². The first-order valence-electron chi connectivity index (χ1n) is 5.52. The summed E-state index contributed by atoms with van der Waals surface area (Å²) >= 11 is 0. The summed E-state index contributed by atoms with van der Waals surface area (Å²) in [6.45, 7) is -3.02. The number of aromatic nitrogens is 1. The molecule has 0 saturated carbocycles. The third-order valence-electron chi connectivity index (χ3n) is 2.34. The van der Waals surface area contributed by atoms with E-state index in [9.17, 15) is 21.6 Å². The summed E-state index contributed by atoms with van der Waals surface area (Å²) in [7, 11) is -2.79. The van der Waals surface area contributed by atoms with Crippen molar-refractivity contribution >= 4 is 15.8 Å². The van der Waals surface area contributed by atoms with Crippen LogP contribution in [0.1, 0.15) is 0 Å². The maximum Gasteiger partial charge on any atom is 0.402 e.